The Morgan fingerprint density at radius 1 is 1.33 bits per heavy atom. The van der Waals surface area contributed by atoms with Crippen molar-refractivity contribution in [1.29, 1.82) is 0 Å². The third kappa shape index (κ3) is 7.19. The Hall–Kier alpha value is -1.47. The van der Waals surface area contributed by atoms with Gasteiger partial charge in [0, 0.05) is 32.1 Å². The highest BCUT2D eigenvalue weighted by Crippen LogP contribution is 2.26. The van der Waals surface area contributed by atoms with E-state index in [1.807, 2.05) is 0 Å². The van der Waals surface area contributed by atoms with Crippen molar-refractivity contribution in [3.05, 3.63) is 29.8 Å². The van der Waals surface area contributed by atoms with E-state index >= 15 is 0 Å². The first-order valence-corrected chi connectivity index (χ1v) is 6.05. The third-order valence-electron chi connectivity index (χ3n) is 2.62. The van der Waals surface area contributed by atoms with Gasteiger partial charge in [-0.1, -0.05) is 18.2 Å². The van der Waals surface area contributed by atoms with Crippen LogP contribution >= 0.6 is 12.4 Å². The van der Waals surface area contributed by atoms with Gasteiger partial charge in [-0.05, 0) is 13.1 Å². The average molecular weight is 327 g/mol. The van der Waals surface area contributed by atoms with Crippen LogP contribution in [0.4, 0.5) is 13.2 Å². The van der Waals surface area contributed by atoms with Crippen molar-refractivity contribution >= 4 is 18.3 Å². The second-order valence-electron chi connectivity index (χ2n) is 4.26. The number of carbonyl (C=O) groups is 1. The summed E-state index contributed by atoms with van der Waals surface area (Å²) >= 11 is 0. The van der Waals surface area contributed by atoms with E-state index in [0.717, 1.165) is 0 Å². The first-order valence-electron chi connectivity index (χ1n) is 6.05. The largest absolute Gasteiger partial charge is 0.573 e. The van der Waals surface area contributed by atoms with E-state index in [-0.39, 0.29) is 37.0 Å². The van der Waals surface area contributed by atoms with Gasteiger partial charge in [-0.2, -0.15) is 0 Å². The fourth-order valence-corrected chi connectivity index (χ4v) is 1.63. The monoisotopic (exact) mass is 326 g/mol. The predicted octanol–water partition coefficient (Wildman–Crippen LogP) is 2.57. The molecular weight excluding hydrogens is 309 g/mol. The molecule has 8 heteroatoms. The van der Waals surface area contributed by atoms with Crippen LogP contribution in [0.3, 0.4) is 0 Å². The van der Waals surface area contributed by atoms with Crippen LogP contribution in [-0.2, 0) is 11.3 Å². The minimum atomic E-state index is -4.75. The molecule has 0 atom stereocenters. The van der Waals surface area contributed by atoms with Crippen LogP contribution in [0, 0.1) is 0 Å². The number of nitrogens with one attached hydrogen (secondary N) is 1. The first kappa shape index (κ1) is 19.5. The van der Waals surface area contributed by atoms with Gasteiger partial charge < -0.3 is 15.0 Å². The molecule has 120 valence electrons. The SMILES string of the molecule is CNCCC(=O)N(C)Cc1ccccc1OC(F)(F)F.Cl. The molecule has 0 bridgehead atoms. The lowest BCUT2D eigenvalue weighted by molar-refractivity contribution is -0.275. The Balaban J connectivity index is 0.00000400. The molecule has 1 N–H and O–H groups in total. The third-order valence-corrected chi connectivity index (χ3v) is 2.62. The summed E-state index contributed by atoms with van der Waals surface area (Å²) in [6.45, 7) is 0.582. The number of carbonyl (C=O) groups excluding carboxylic acids is 1. The molecule has 21 heavy (non-hydrogen) atoms. The molecule has 0 aliphatic rings. The molecule has 1 aromatic rings. The van der Waals surface area contributed by atoms with Crippen molar-refractivity contribution in [2.24, 2.45) is 0 Å². The van der Waals surface area contributed by atoms with Crippen LogP contribution in [0.15, 0.2) is 24.3 Å². The average Bonchev–Trinajstić information content (AvgIpc) is 2.36. The normalized spacial score (nSPS) is 10.7. The summed E-state index contributed by atoms with van der Waals surface area (Å²) in [5, 5.41) is 2.84. The second-order valence-corrected chi connectivity index (χ2v) is 4.26. The summed E-state index contributed by atoms with van der Waals surface area (Å²) in [7, 11) is 3.27. The Morgan fingerprint density at radius 3 is 2.52 bits per heavy atom. The number of benzene rings is 1. The van der Waals surface area contributed by atoms with Crippen molar-refractivity contribution < 1.29 is 22.7 Å². The van der Waals surface area contributed by atoms with Gasteiger partial charge in [0.15, 0.2) is 0 Å². The zero-order chi connectivity index (χ0) is 15.2. The number of amides is 1. The van der Waals surface area contributed by atoms with Crippen molar-refractivity contribution in [1.82, 2.24) is 10.2 Å². The number of alkyl halides is 3. The van der Waals surface area contributed by atoms with E-state index in [1.165, 1.54) is 23.1 Å². The maximum Gasteiger partial charge on any atom is 0.573 e. The maximum absolute atomic E-state index is 12.3. The van der Waals surface area contributed by atoms with Crippen LogP contribution < -0.4 is 10.1 Å². The lowest BCUT2D eigenvalue weighted by Gasteiger charge is -2.19. The molecule has 1 rings (SSSR count). The minimum Gasteiger partial charge on any atom is -0.405 e. The van der Waals surface area contributed by atoms with Crippen LogP contribution in [0.1, 0.15) is 12.0 Å². The molecule has 1 aromatic carbocycles. The van der Waals surface area contributed by atoms with Gasteiger partial charge in [0.25, 0.3) is 0 Å². The second kappa shape index (κ2) is 8.74. The van der Waals surface area contributed by atoms with Gasteiger partial charge >= 0.3 is 6.36 Å². The fraction of sp³-hybridized carbons (Fsp3) is 0.462. The zero-order valence-corrected chi connectivity index (χ0v) is 12.6. The van der Waals surface area contributed by atoms with E-state index in [0.29, 0.717) is 12.1 Å². The molecule has 0 aliphatic heterocycles. The number of rotatable bonds is 6. The van der Waals surface area contributed by atoms with E-state index in [1.54, 1.807) is 20.2 Å². The number of hydrogen-bond donors (Lipinski definition) is 1. The number of para-hydroxylation sites is 1. The van der Waals surface area contributed by atoms with Crippen LogP contribution in [0.2, 0.25) is 0 Å². The topological polar surface area (TPSA) is 41.6 Å². The number of nitrogens with zero attached hydrogens (tertiary/aromatic N) is 1. The lowest BCUT2D eigenvalue weighted by Crippen LogP contribution is -2.29. The van der Waals surface area contributed by atoms with Crippen molar-refractivity contribution in [2.45, 2.75) is 19.3 Å². The summed E-state index contributed by atoms with van der Waals surface area (Å²) in [6, 6.07) is 5.79. The quantitative estimate of drug-likeness (QED) is 0.873. The highest BCUT2D eigenvalue weighted by Gasteiger charge is 2.32. The summed E-state index contributed by atoms with van der Waals surface area (Å²) in [6.07, 6.45) is -4.46. The molecule has 0 heterocycles. The Kier molecular flexibility index (Phi) is 8.12. The van der Waals surface area contributed by atoms with Gasteiger partial charge in [0.2, 0.25) is 5.91 Å². The molecule has 0 radical (unpaired) electrons. The van der Waals surface area contributed by atoms with Gasteiger partial charge in [-0.25, -0.2) is 0 Å². The Labute approximate surface area is 127 Å². The van der Waals surface area contributed by atoms with Crippen molar-refractivity contribution in [2.75, 3.05) is 20.6 Å². The van der Waals surface area contributed by atoms with Crippen LogP contribution in [0.25, 0.3) is 0 Å². The van der Waals surface area contributed by atoms with E-state index in [2.05, 4.69) is 10.1 Å². The molecule has 1 amide bonds. The predicted molar refractivity (Wildman–Crippen MR) is 75.4 cm³/mol. The first-order chi connectivity index (χ1) is 9.33. The van der Waals surface area contributed by atoms with Gasteiger partial charge in [-0.15, -0.1) is 25.6 Å². The standard InChI is InChI=1S/C13H17F3N2O2.ClH/c1-17-8-7-12(19)18(2)9-10-5-3-4-6-11(10)20-13(14,15)16;/h3-6,17H,7-9H2,1-2H3;1H. The van der Waals surface area contributed by atoms with E-state index < -0.39 is 6.36 Å². The Morgan fingerprint density at radius 2 is 1.95 bits per heavy atom. The zero-order valence-electron chi connectivity index (χ0n) is 11.7. The molecule has 4 nitrogen and oxygen atoms in total. The fourth-order valence-electron chi connectivity index (χ4n) is 1.63. The molecule has 0 spiro atoms. The summed E-state index contributed by atoms with van der Waals surface area (Å²) in [5.41, 5.74) is 0.310. The molecule has 0 fully saturated rings. The van der Waals surface area contributed by atoms with Gasteiger partial charge in [-0.3, -0.25) is 4.79 Å². The summed E-state index contributed by atoms with van der Waals surface area (Å²) < 4.78 is 40.8. The number of hydrogen-bond acceptors (Lipinski definition) is 3. The van der Waals surface area contributed by atoms with E-state index in [9.17, 15) is 18.0 Å². The number of ether oxygens (including phenoxy) is 1. The number of halogens is 4. The lowest BCUT2D eigenvalue weighted by atomic mass is 10.2. The Bertz CT molecular complexity index is 455. The highest BCUT2D eigenvalue weighted by atomic mass is 35.5. The molecule has 0 unspecified atom stereocenters. The molecule has 0 saturated carbocycles. The van der Waals surface area contributed by atoms with Crippen LogP contribution in [0.5, 0.6) is 5.75 Å². The minimum absolute atomic E-state index is 0. The van der Waals surface area contributed by atoms with Gasteiger partial charge in [0.1, 0.15) is 5.75 Å². The highest BCUT2D eigenvalue weighted by molar-refractivity contribution is 5.85. The van der Waals surface area contributed by atoms with Crippen molar-refractivity contribution in [3.63, 3.8) is 0 Å². The van der Waals surface area contributed by atoms with E-state index in [4.69, 9.17) is 0 Å². The molecule has 0 saturated heterocycles. The summed E-state index contributed by atoms with van der Waals surface area (Å²) in [5.74, 6) is -0.436. The smallest absolute Gasteiger partial charge is 0.405 e. The summed E-state index contributed by atoms with van der Waals surface area (Å²) in [4.78, 5) is 13.1. The molecular formula is C13H18ClF3N2O2. The maximum atomic E-state index is 12.3. The molecule has 0 aliphatic carbocycles. The van der Waals surface area contributed by atoms with Gasteiger partial charge in [0.05, 0.1) is 0 Å². The molecule has 0 aromatic heterocycles. The van der Waals surface area contributed by atoms with Crippen LogP contribution in [-0.4, -0.2) is 37.8 Å². The van der Waals surface area contributed by atoms with Crippen molar-refractivity contribution in [3.8, 4) is 5.75 Å².